The number of fused-ring (bicyclic) bond motifs is 1. The minimum atomic E-state index is -0.0808. The Bertz CT molecular complexity index is 727. The van der Waals surface area contributed by atoms with E-state index < -0.39 is 0 Å². The van der Waals surface area contributed by atoms with Crippen molar-refractivity contribution >= 4 is 5.97 Å². The minimum absolute atomic E-state index is 0.0248. The molecule has 3 saturated carbocycles. The van der Waals surface area contributed by atoms with Crippen LogP contribution in [-0.4, -0.2) is 12.1 Å². The van der Waals surface area contributed by atoms with Gasteiger partial charge in [0, 0.05) is 12.8 Å². The highest BCUT2D eigenvalue weighted by Gasteiger charge is 2.50. The Hall–Kier alpha value is -1.31. The van der Waals surface area contributed by atoms with E-state index in [4.69, 9.17) is 4.74 Å². The van der Waals surface area contributed by atoms with Crippen molar-refractivity contribution < 1.29 is 9.53 Å². The summed E-state index contributed by atoms with van der Waals surface area (Å²) in [6.07, 6.45) is 18.8. The fourth-order valence-corrected chi connectivity index (χ4v) is 7.01. The molecule has 32 heavy (non-hydrogen) atoms. The van der Waals surface area contributed by atoms with E-state index in [1.54, 1.807) is 5.57 Å². The van der Waals surface area contributed by atoms with Crippen LogP contribution in [0.3, 0.4) is 0 Å². The molecule has 0 heterocycles. The SMILES string of the molecule is C=C1CC[C@H](OC(=O)CC)C/C1=C/C=C1/CCC[C@]2(C)[C@@H]([C@H](C)CCCC(C)C)CC[C@@H]12. The van der Waals surface area contributed by atoms with Crippen molar-refractivity contribution in [3.63, 3.8) is 0 Å². The lowest BCUT2D eigenvalue weighted by atomic mass is 9.60. The van der Waals surface area contributed by atoms with Crippen LogP contribution in [0.15, 0.2) is 35.5 Å². The molecular formula is C30H48O2. The highest BCUT2D eigenvalue weighted by Crippen LogP contribution is 2.60. The van der Waals surface area contributed by atoms with Gasteiger partial charge in [-0.25, -0.2) is 0 Å². The molecule has 0 saturated heterocycles. The van der Waals surface area contributed by atoms with Gasteiger partial charge in [0.05, 0.1) is 0 Å². The zero-order valence-electron chi connectivity index (χ0n) is 21.6. The van der Waals surface area contributed by atoms with Crippen molar-refractivity contribution in [2.75, 3.05) is 0 Å². The molecule has 2 heteroatoms. The Morgan fingerprint density at radius 3 is 2.66 bits per heavy atom. The second-order valence-electron chi connectivity index (χ2n) is 11.6. The monoisotopic (exact) mass is 440 g/mol. The molecule has 3 fully saturated rings. The van der Waals surface area contributed by atoms with Gasteiger partial charge in [0.2, 0.25) is 0 Å². The zero-order chi connectivity index (χ0) is 23.3. The second kappa shape index (κ2) is 11.2. The Morgan fingerprint density at radius 2 is 1.94 bits per heavy atom. The van der Waals surface area contributed by atoms with Gasteiger partial charge in [-0.1, -0.05) is 83.8 Å². The predicted octanol–water partition coefficient (Wildman–Crippen LogP) is 8.58. The topological polar surface area (TPSA) is 26.3 Å². The van der Waals surface area contributed by atoms with Gasteiger partial charge in [0.15, 0.2) is 0 Å². The van der Waals surface area contributed by atoms with Crippen LogP contribution in [0.25, 0.3) is 0 Å². The Balaban J connectivity index is 1.68. The molecule has 0 unspecified atom stereocenters. The molecule has 0 amide bonds. The van der Waals surface area contributed by atoms with Gasteiger partial charge in [-0.2, -0.15) is 0 Å². The summed E-state index contributed by atoms with van der Waals surface area (Å²) in [4.78, 5) is 11.7. The standard InChI is InChI=1S/C30H48O2/c1-7-29(31)32-26-16-13-22(4)25(20-26)15-14-24-12-9-19-30(6)27(17-18-28(24)30)23(5)11-8-10-21(2)3/h14-15,21,23,26-28H,4,7-13,16-20H2,1-3,5-6H3/b24-14-,25-15-/t23-,26+,27-,28+,30-/m1/s1. The number of ether oxygens (including phenoxy) is 1. The first-order valence-corrected chi connectivity index (χ1v) is 13.5. The van der Waals surface area contributed by atoms with Gasteiger partial charge in [0.1, 0.15) is 6.10 Å². The first-order chi connectivity index (χ1) is 15.2. The number of hydrogen-bond donors (Lipinski definition) is 0. The summed E-state index contributed by atoms with van der Waals surface area (Å²) in [5.74, 6) is 3.21. The third kappa shape index (κ3) is 5.97. The Morgan fingerprint density at radius 1 is 1.16 bits per heavy atom. The average molecular weight is 441 g/mol. The molecule has 3 aliphatic carbocycles. The van der Waals surface area contributed by atoms with Crippen LogP contribution in [0.4, 0.5) is 0 Å². The maximum Gasteiger partial charge on any atom is 0.305 e. The molecule has 0 aromatic carbocycles. The summed E-state index contributed by atoms with van der Waals surface area (Å²) in [6, 6.07) is 0. The van der Waals surface area contributed by atoms with Gasteiger partial charge in [-0.3, -0.25) is 4.79 Å². The van der Waals surface area contributed by atoms with E-state index in [1.807, 2.05) is 6.92 Å². The van der Waals surface area contributed by atoms with Crippen molar-refractivity contribution in [3.8, 4) is 0 Å². The van der Waals surface area contributed by atoms with Crippen LogP contribution >= 0.6 is 0 Å². The quantitative estimate of drug-likeness (QED) is 0.353. The van der Waals surface area contributed by atoms with Gasteiger partial charge >= 0.3 is 5.97 Å². The summed E-state index contributed by atoms with van der Waals surface area (Å²) in [7, 11) is 0. The number of esters is 1. The molecule has 3 aliphatic rings. The van der Waals surface area contributed by atoms with Gasteiger partial charge in [0.25, 0.3) is 0 Å². The first kappa shape index (κ1) is 25.3. The molecule has 180 valence electrons. The summed E-state index contributed by atoms with van der Waals surface area (Å²) in [6.45, 7) is 16.0. The predicted molar refractivity (Wildman–Crippen MR) is 135 cm³/mol. The number of carbonyl (C=O) groups is 1. The first-order valence-electron chi connectivity index (χ1n) is 13.5. The van der Waals surface area contributed by atoms with Crippen molar-refractivity contribution in [2.24, 2.45) is 29.1 Å². The van der Waals surface area contributed by atoms with E-state index in [9.17, 15) is 4.79 Å². The summed E-state index contributed by atoms with van der Waals surface area (Å²) in [5, 5.41) is 0. The Kier molecular flexibility index (Phi) is 8.87. The third-order valence-electron chi connectivity index (χ3n) is 8.92. The van der Waals surface area contributed by atoms with Crippen LogP contribution < -0.4 is 0 Å². The molecular weight excluding hydrogens is 392 g/mol. The van der Waals surface area contributed by atoms with E-state index in [1.165, 1.54) is 62.5 Å². The smallest absolute Gasteiger partial charge is 0.305 e. The van der Waals surface area contributed by atoms with Crippen molar-refractivity contribution in [2.45, 2.75) is 118 Å². The highest BCUT2D eigenvalue weighted by atomic mass is 16.5. The largest absolute Gasteiger partial charge is 0.462 e. The van der Waals surface area contributed by atoms with Gasteiger partial charge in [-0.05, 0) is 79.6 Å². The molecule has 5 atom stereocenters. The summed E-state index contributed by atoms with van der Waals surface area (Å²) >= 11 is 0. The number of carbonyl (C=O) groups excluding carboxylic acids is 1. The van der Waals surface area contributed by atoms with E-state index in [-0.39, 0.29) is 12.1 Å². The molecule has 0 bridgehead atoms. The lowest BCUT2D eigenvalue weighted by molar-refractivity contribution is -0.149. The van der Waals surface area contributed by atoms with Crippen LogP contribution in [0.2, 0.25) is 0 Å². The maximum atomic E-state index is 11.7. The van der Waals surface area contributed by atoms with E-state index in [0.29, 0.717) is 11.8 Å². The van der Waals surface area contributed by atoms with E-state index in [0.717, 1.165) is 42.9 Å². The molecule has 0 aromatic heterocycles. The van der Waals surface area contributed by atoms with Crippen molar-refractivity contribution in [1.82, 2.24) is 0 Å². The Labute approximate surface area is 198 Å². The molecule has 2 nitrogen and oxygen atoms in total. The zero-order valence-corrected chi connectivity index (χ0v) is 21.6. The lowest BCUT2D eigenvalue weighted by Gasteiger charge is -2.44. The van der Waals surface area contributed by atoms with Crippen LogP contribution in [0.1, 0.15) is 112 Å². The number of rotatable bonds is 8. The van der Waals surface area contributed by atoms with E-state index in [2.05, 4.69) is 46.4 Å². The normalized spacial score (nSPS) is 34.2. The van der Waals surface area contributed by atoms with Gasteiger partial charge in [-0.15, -0.1) is 0 Å². The summed E-state index contributed by atoms with van der Waals surface area (Å²) < 4.78 is 5.64. The average Bonchev–Trinajstić information content (AvgIpc) is 3.11. The summed E-state index contributed by atoms with van der Waals surface area (Å²) in [5.41, 5.74) is 4.67. The molecule has 0 N–H and O–H groups in total. The minimum Gasteiger partial charge on any atom is -0.462 e. The molecule has 0 aromatic rings. The maximum absolute atomic E-state index is 11.7. The van der Waals surface area contributed by atoms with Crippen molar-refractivity contribution in [1.29, 1.82) is 0 Å². The van der Waals surface area contributed by atoms with Crippen LogP contribution in [0.5, 0.6) is 0 Å². The molecule has 3 rings (SSSR count). The van der Waals surface area contributed by atoms with Gasteiger partial charge < -0.3 is 4.74 Å². The number of hydrogen-bond acceptors (Lipinski definition) is 2. The highest BCUT2D eigenvalue weighted by molar-refractivity contribution is 5.69. The van der Waals surface area contributed by atoms with E-state index >= 15 is 0 Å². The third-order valence-corrected chi connectivity index (χ3v) is 8.92. The molecule has 0 aliphatic heterocycles. The fraction of sp³-hybridized carbons (Fsp3) is 0.767. The molecule has 0 spiro atoms. The van der Waals surface area contributed by atoms with Crippen LogP contribution in [0, 0.1) is 29.1 Å². The molecule has 0 radical (unpaired) electrons. The van der Waals surface area contributed by atoms with Crippen molar-refractivity contribution in [3.05, 3.63) is 35.5 Å². The lowest BCUT2D eigenvalue weighted by Crippen LogP contribution is -2.36. The second-order valence-corrected chi connectivity index (χ2v) is 11.6. The number of allylic oxidation sites excluding steroid dienone is 4. The fourth-order valence-electron chi connectivity index (χ4n) is 7.01. The van der Waals surface area contributed by atoms with Crippen LogP contribution in [-0.2, 0) is 9.53 Å².